The zero-order chi connectivity index (χ0) is 20.4. The molecule has 0 radical (unpaired) electrons. The highest BCUT2D eigenvalue weighted by atomic mass is 127. The number of nitrogens with zero attached hydrogens (tertiary/aromatic N) is 2. The van der Waals surface area contributed by atoms with Crippen molar-refractivity contribution < 1.29 is 0 Å². The van der Waals surface area contributed by atoms with Crippen LogP contribution in [0.15, 0.2) is 10.2 Å². The number of aliphatic imine (C=N–C) groups is 1. The zero-order valence-electron chi connectivity index (χ0n) is 18.3. The number of alkyl halides is 1. The van der Waals surface area contributed by atoms with Gasteiger partial charge in [-0.05, 0) is 78.2 Å². The molecule has 0 aromatic rings. The summed E-state index contributed by atoms with van der Waals surface area (Å²) in [6.45, 7) is 21.0. The van der Waals surface area contributed by atoms with Gasteiger partial charge in [0, 0.05) is 5.41 Å². The zero-order valence-corrected chi connectivity index (χ0v) is 20.5. The summed E-state index contributed by atoms with van der Waals surface area (Å²) in [7, 11) is 0. The van der Waals surface area contributed by atoms with Crippen LogP contribution < -0.4 is 0 Å². The summed E-state index contributed by atoms with van der Waals surface area (Å²) in [4.78, 5) is 15.6. The van der Waals surface area contributed by atoms with Crippen LogP contribution in [0.5, 0.6) is 0 Å². The lowest BCUT2D eigenvalue weighted by Crippen LogP contribution is -2.23. The Kier molecular flexibility index (Phi) is 5.67. The molecule has 9 unspecified atom stereocenters. The standard InChI is InChI=1S/C23H39IN2O/c1-9-22(20-21(6,7)23(20,12-26-27)13(2)3)15(5)18(22)10-14(4)16-11-17(16)19(24)25-8/h13-20H,8-12H2,1-7H3. The number of hydrogen-bond acceptors (Lipinski definition) is 3. The molecule has 0 saturated heterocycles. The van der Waals surface area contributed by atoms with Crippen LogP contribution in [0.1, 0.15) is 67.7 Å². The maximum absolute atomic E-state index is 11.3. The maximum Gasteiger partial charge on any atom is 0.103 e. The van der Waals surface area contributed by atoms with Gasteiger partial charge in [-0.1, -0.05) is 76.2 Å². The summed E-state index contributed by atoms with van der Waals surface area (Å²) >= 11 is 2.45. The minimum absolute atomic E-state index is 0.0964. The third-order valence-electron chi connectivity index (χ3n) is 9.67. The van der Waals surface area contributed by atoms with Gasteiger partial charge in [0.15, 0.2) is 0 Å². The molecule has 3 rings (SSSR count). The van der Waals surface area contributed by atoms with E-state index in [4.69, 9.17) is 0 Å². The third kappa shape index (κ3) is 2.89. The first-order chi connectivity index (χ1) is 12.6. The van der Waals surface area contributed by atoms with Gasteiger partial charge < -0.3 is 0 Å². The Bertz CT molecular complexity index is 605. The second-order valence-electron chi connectivity index (χ2n) is 10.8. The van der Waals surface area contributed by atoms with Crippen molar-refractivity contribution in [2.24, 2.45) is 67.8 Å². The van der Waals surface area contributed by atoms with Crippen LogP contribution in [0.2, 0.25) is 0 Å². The second-order valence-corrected chi connectivity index (χ2v) is 12.1. The molecule has 3 saturated carbocycles. The molecule has 0 spiro atoms. The van der Waals surface area contributed by atoms with Crippen LogP contribution in [0.25, 0.3) is 0 Å². The van der Waals surface area contributed by atoms with Gasteiger partial charge in [-0.3, -0.25) is 4.99 Å². The number of halogens is 1. The van der Waals surface area contributed by atoms with Crippen LogP contribution in [0.3, 0.4) is 0 Å². The molecule has 0 aromatic carbocycles. The predicted molar refractivity (Wildman–Crippen MR) is 123 cm³/mol. The molecular formula is C23H39IN2O. The predicted octanol–water partition coefficient (Wildman–Crippen LogP) is 6.84. The summed E-state index contributed by atoms with van der Waals surface area (Å²) < 4.78 is 0.386. The van der Waals surface area contributed by atoms with Crippen molar-refractivity contribution in [3.63, 3.8) is 0 Å². The van der Waals surface area contributed by atoms with E-state index in [1.165, 1.54) is 19.3 Å². The molecule has 3 aliphatic carbocycles. The fraction of sp³-hybridized carbons (Fsp3) is 0.957. The van der Waals surface area contributed by atoms with Crippen LogP contribution in [-0.4, -0.2) is 17.3 Å². The fourth-order valence-electron chi connectivity index (χ4n) is 8.06. The minimum atomic E-state index is 0.0964. The average Bonchev–Trinajstić information content (AvgIpc) is 3.54. The fourth-order valence-corrected chi connectivity index (χ4v) is 8.89. The maximum atomic E-state index is 11.3. The highest BCUT2D eigenvalue weighted by molar-refractivity contribution is 14.1. The van der Waals surface area contributed by atoms with E-state index in [2.05, 4.69) is 87.9 Å². The first-order valence-electron chi connectivity index (χ1n) is 11.0. The molecule has 0 N–H and O–H groups in total. The van der Waals surface area contributed by atoms with Gasteiger partial charge in [-0.15, -0.1) is 0 Å². The molecule has 0 aromatic heterocycles. The van der Waals surface area contributed by atoms with Crippen LogP contribution in [-0.2, 0) is 0 Å². The summed E-state index contributed by atoms with van der Waals surface area (Å²) in [6.07, 6.45) is 3.91. The molecule has 0 aliphatic heterocycles. The summed E-state index contributed by atoms with van der Waals surface area (Å²) in [5, 5.41) is 3.43. The molecule has 3 nitrogen and oxygen atoms in total. The molecule has 0 heterocycles. The van der Waals surface area contributed by atoms with E-state index in [1.807, 2.05) is 0 Å². The van der Waals surface area contributed by atoms with E-state index in [9.17, 15) is 4.91 Å². The van der Waals surface area contributed by atoms with Crippen LogP contribution >= 0.6 is 22.6 Å². The normalized spacial score (nSPS) is 46.6. The Hall–Kier alpha value is -0.0000000000000000555. The molecule has 3 aliphatic rings. The van der Waals surface area contributed by atoms with Gasteiger partial charge >= 0.3 is 0 Å². The van der Waals surface area contributed by atoms with Gasteiger partial charge in [0.05, 0.1) is 6.54 Å². The number of nitroso groups, excluding NO2 is 1. The molecule has 27 heavy (non-hydrogen) atoms. The summed E-state index contributed by atoms with van der Waals surface area (Å²) in [5.74, 6) is 5.07. The van der Waals surface area contributed by atoms with Crippen molar-refractivity contribution in [3.05, 3.63) is 4.91 Å². The van der Waals surface area contributed by atoms with Gasteiger partial charge in [0.2, 0.25) is 0 Å². The Balaban J connectivity index is 1.75. The molecule has 4 heteroatoms. The van der Waals surface area contributed by atoms with E-state index in [0.29, 0.717) is 27.8 Å². The SMILES string of the molecule is C=NC(I)C1CC1C(C)CC1C(C)C1(CC)C1C(C)(C)C1(CN=O)C(C)C. The Morgan fingerprint density at radius 1 is 1.22 bits per heavy atom. The van der Waals surface area contributed by atoms with E-state index in [1.54, 1.807) is 0 Å². The second kappa shape index (κ2) is 7.05. The largest absolute Gasteiger partial charge is 0.287 e. The first kappa shape index (κ1) is 21.7. The van der Waals surface area contributed by atoms with E-state index >= 15 is 0 Å². The quantitative estimate of drug-likeness (QED) is 0.110. The van der Waals surface area contributed by atoms with Crippen molar-refractivity contribution in [1.82, 2.24) is 0 Å². The lowest BCUT2D eigenvalue weighted by Gasteiger charge is -2.25. The smallest absolute Gasteiger partial charge is 0.103 e. The molecular weight excluding hydrogens is 447 g/mol. The van der Waals surface area contributed by atoms with Gasteiger partial charge in [0.1, 0.15) is 4.05 Å². The van der Waals surface area contributed by atoms with Crippen molar-refractivity contribution in [2.45, 2.75) is 71.8 Å². The summed E-state index contributed by atoms with van der Waals surface area (Å²) in [6, 6.07) is 0. The average molecular weight is 486 g/mol. The first-order valence-corrected chi connectivity index (χ1v) is 12.2. The Morgan fingerprint density at radius 3 is 2.33 bits per heavy atom. The number of rotatable bonds is 10. The van der Waals surface area contributed by atoms with Crippen molar-refractivity contribution in [3.8, 4) is 0 Å². The van der Waals surface area contributed by atoms with E-state index in [-0.39, 0.29) is 10.8 Å². The van der Waals surface area contributed by atoms with Crippen molar-refractivity contribution in [2.75, 3.05) is 6.54 Å². The topological polar surface area (TPSA) is 41.8 Å². The minimum Gasteiger partial charge on any atom is -0.287 e. The highest BCUT2D eigenvalue weighted by Gasteiger charge is 2.83. The van der Waals surface area contributed by atoms with Gasteiger partial charge in [-0.2, -0.15) is 4.91 Å². The van der Waals surface area contributed by atoms with Crippen molar-refractivity contribution >= 4 is 29.3 Å². The Labute approximate surface area is 180 Å². The molecule has 0 bridgehead atoms. The molecule has 9 atom stereocenters. The lowest BCUT2D eigenvalue weighted by atomic mass is 9.80. The lowest BCUT2D eigenvalue weighted by molar-refractivity contribution is 0.233. The van der Waals surface area contributed by atoms with Gasteiger partial charge in [0.25, 0.3) is 0 Å². The molecule has 3 fully saturated rings. The van der Waals surface area contributed by atoms with Crippen molar-refractivity contribution in [1.29, 1.82) is 0 Å². The highest BCUT2D eigenvalue weighted by Crippen LogP contribution is 2.86. The molecule has 0 amide bonds. The third-order valence-corrected chi connectivity index (χ3v) is 11.0. The molecule has 154 valence electrons. The van der Waals surface area contributed by atoms with Crippen LogP contribution in [0.4, 0.5) is 0 Å². The van der Waals surface area contributed by atoms with Crippen LogP contribution in [0, 0.1) is 62.6 Å². The van der Waals surface area contributed by atoms with E-state index in [0.717, 1.165) is 29.6 Å². The van der Waals surface area contributed by atoms with Gasteiger partial charge in [-0.25, -0.2) is 0 Å². The summed E-state index contributed by atoms with van der Waals surface area (Å²) in [5.41, 5.74) is 0.732. The van der Waals surface area contributed by atoms with E-state index < -0.39 is 0 Å². The Morgan fingerprint density at radius 2 is 1.85 bits per heavy atom. The monoisotopic (exact) mass is 486 g/mol. The number of hydrogen-bond donors (Lipinski definition) is 0.